The molecule has 0 saturated heterocycles. The highest BCUT2D eigenvalue weighted by Gasteiger charge is 2.14. The molecule has 0 atom stereocenters. The van der Waals surface area contributed by atoms with Crippen molar-refractivity contribution < 1.29 is 4.74 Å². The molecule has 0 aliphatic carbocycles. The third-order valence-corrected chi connectivity index (χ3v) is 2.93. The van der Waals surface area contributed by atoms with Crippen LogP contribution in [0.5, 0.6) is 0 Å². The SMILES string of the molecule is CC/C=C(/CC)CCCOC(C)(C)CC. The molecule has 0 aromatic carbocycles. The predicted octanol–water partition coefficient (Wildman–Crippen LogP) is 4.72. The van der Waals surface area contributed by atoms with Crippen LogP contribution in [0.25, 0.3) is 0 Å². The summed E-state index contributed by atoms with van der Waals surface area (Å²) in [6, 6.07) is 0. The Morgan fingerprint density at radius 3 is 2.33 bits per heavy atom. The van der Waals surface area contributed by atoms with Gasteiger partial charge in [-0.05, 0) is 46.0 Å². The first kappa shape index (κ1) is 14.7. The van der Waals surface area contributed by atoms with Crippen LogP contribution in [0.4, 0.5) is 0 Å². The lowest BCUT2D eigenvalue weighted by Crippen LogP contribution is -2.23. The quantitative estimate of drug-likeness (QED) is 0.418. The molecule has 0 bridgehead atoms. The molecular formula is C14H28O. The van der Waals surface area contributed by atoms with E-state index in [-0.39, 0.29) is 5.60 Å². The number of rotatable bonds is 8. The van der Waals surface area contributed by atoms with Crippen molar-refractivity contribution in [1.82, 2.24) is 0 Å². The predicted molar refractivity (Wildman–Crippen MR) is 68.2 cm³/mol. The fourth-order valence-electron chi connectivity index (χ4n) is 1.46. The number of hydrogen-bond donors (Lipinski definition) is 0. The molecule has 0 saturated carbocycles. The fourth-order valence-corrected chi connectivity index (χ4v) is 1.46. The lowest BCUT2D eigenvalue weighted by Gasteiger charge is -2.23. The highest BCUT2D eigenvalue weighted by Crippen LogP contribution is 2.16. The van der Waals surface area contributed by atoms with Crippen LogP contribution in [-0.4, -0.2) is 12.2 Å². The Hall–Kier alpha value is -0.300. The third kappa shape index (κ3) is 7.61. The second-order valence-electron chi connectivity index (χ2n) is 4.69. The molecule has 0 amide bonds. The van der Waals surface area contributed by atoms with Crippen LogP contribution in [0.1, 0.15) is 66.7 Å². The topological polar surface area (TPSA) is 9.23 Å². The van der Waals surface area contributed by atoms with Crippen molar-refractivity contribution in [2.75, 3.05) is 6.61 Å². The smallest absolute Gasteiger partial charge is 0.0623 e. The zero-order chi connectivity index (χ0) is 11.7. The molecule has 1 nitrogen and oxygen atoms in total. The maximum absolute atomic E-state index is 5.82. The average Bonchev–Trinajstić information content (AvgIpc) is 2.22. The summed E-state index contributed by atoms with van der Waals surface area (Å²) in [4.78, 5) is 0. The molecule has 90 valence electrons. The molecular weight excluding hydrogens is 184 g/mol. The van der Waals surface area contributed by atoms with E-state index in [0.29, 0.717) is 0 Å². The lowest BCUT2D eigenvalue weighted by atomic mass is 10.1. The highest BCUT2D eigenvalue weighted by atomic mass is 16.5. The lowest BCUT2D eigenvalue weighted by molar-refractivity contribution is -0.0209. The van der Waals surface area contributed by atoms with Gasteiger partial charge in [-0.25, -0.2) is 0 Å². The van der Waals surface area contributed by atoms with Crippen LogP contribution < -0.4 is 0 Å². The van der Waals surface area contributed by atoms with E-state index < -0.39 is 0 Å². The third-order valence-electron chi connectivity index (χ3n) is 2.93. The zero-order valence-corrected chi connectivity index (χ0v) is 11.2. The van der Waals surface area contributed by atoms with Gasteiger partial charge in [0, 0.05) is 6.61 Å². The van der Waals surface area contributed by atoms with E-state index in [4.69, 9.17) is 4.74 Å². The first-order valence-corrected chi connectivity index (χ1v) is 6.37. The van der Waals surface area contributed by atoms with Gasteiger partial charge >= 0.3 is 0 Å². The average molecular weight is 212 g/mol. The number of allylic oxidation sites excluding steroid dienone is 2. The van der Waals surface area contributed by atoms with Gasteiger partial charge in [0.05, 0.1) is 5.60 Å². The van der Waals surface area contributed by atoms with E-state index in [1.807, 2.05) is 0 Å². The Morgan fingerprint density at radius 1 is 1.20 bits per heavy atom. The molecule has 0 aliphatic rings. The van der Waals surface area contributed by atoms with Gasteiger partial charge in [0.1, 0.15) is 0 Å². The van der Waals surface area contributed by atoms with Crippen LogP contribution in [0.3, 0.4) is 0 Å². The maximum Gasteiger partial charge on any atom is 0.0623 e. The van der Waals surface area contributed by atoms with Crippen LogP contribution in [0, 0.1) is 0 Å². The van der Waals surface area contributed by atoms with Crippen molar-refractivity contribution in [1.29, 1.82) is 0 Å². The molecule has 1 heteroatoms. The fraction of sp³-hybridized carbons (Fsp3) is 0.857. The largest absolute Gasteiger partial charge is 0.376 e. The van der Waals surface area contributed by atoms with E-state index >= 15 is 0 Å². The molecule has 15 heavy (non-hydrogen) atoms. The first-order valence-electron chi connectivity index (χ1n) is 6.37. The van der Waals surface area contributed by atoms with Crippen molar-refractivity contribution in [3.63, 3.8) is 0 Å². The van der Waals surface area contributed by atoms with Gasteiger partial charge in [0.2, 0.25) is 0 Å². The zero-order valence-electron chi connectivity index (χ0n) is 11.2. The Morgan fingerprint density at radius 2 is 1.87 bits per heavy atom. The monoisotopic (exact) mass is 212 g/mol. The van der Waals surface area contributed by atoms with Crippen LogP contribution in [0.15, 0.2) is 11.6 Å². The van der Waals surface area contributed by atoms with E-state index in [1.54, 1.807) is 5.57 Å². The van der Waals surface area contributed by atoms with E-state index in [2.05, 4.69) is 40.7 Å². The summed E-state index contributed by atoms with van der Waals surface area (Å²) in [5.74, 6) is 0. The van der Waals surface area contributed by atoms with E-state index in [0.717, 1.165) is 25.9 Å². The molecule has 0 rings (SSSR count). The van der Waals surface area contributed by atoms with Gasteiger partial charge in [-0.15, -0.1) is 0 Å². The van der Waals surface area contributed by atoms with Gasteiger partial charge < -0.3 is 4.74 Å². The van der Waals surface area contributed by atoms with Crippen molar-refractivity contribution in [2.24, 2.45) is 0 Å². The van der Waals surface area contributed by atoms with Crippen LogP contribution >= 0.6 is 0 Å². The summed E-state index contributed by atoms with van der Waals surface area (Å²) < 4.78 is 5.82. The molecule has 0 heterocycles. The minimum atomic E-state index is 0.0564. The Bertz CT molecular complexity index is 180. The van der Waals surface area contributed by atoms with Gasteiger partial charge in [-0.3, -0.25) is 0 Å². The van der Waals surface area contributed by atoms with Crippen molar-refractivity contribution >= 4 is 0 Å². The molecule has 0 N–H and O–H groups in total. The summed E-state index contributed by atoms with van der Waals surface area (Å²) in [6.07, 6.45) is 8.13. The van der Waals surface area contributed by atoms with Crippen molar-refractivity contribution in [3.05, 3.63) is 11.6 Å². The van der Waals surface area contributed by atoms with Gasteiger partial charge in [0.15, 0.2) is 0 Å². The minimum Gasteiger partial charge on any atom is -0.376 e. The molecule has 0 radical (unpaired) electrons. The standard InChI is InChI=1S/C14H28O/c1-6-10-13(7-2)11-9-12-15-14(4,5)8-3/h10H,6-9,11-12H2,1-5H3/b13-10-. The van der Waals surface area contributed by atoms with Gasteiger partial charge in [-0.2, -0.15) is 0 Å². The number of ether oxygens (including phenoxy) is 1. The number of hydrogen-bond acceptors (Lipinski definition) is 1. The van der Waals surface area contributed by atoms with Crippen LogP contribution in [-0.2, 0) is 4.74 Å². The van der Waals surface area contributed by atoms with E-state index in [1.165, 1.54) is 12.8 Å². The van der Waals surface area contributed by atoms with Crippen molar-refractivity contribution in [3.8, 4) is 0 Å². The molecule has 0 fully saturated rings. The van der Waals surface area contributed by atoms with Gasteiger partial charge in [0.25, 0.3) is 0 Å². The molecule has 0 aliphatic heterocycles. The normalized spacial score (nSPS) is 13.3. The summed E-state index contributed by atoms with van der Waals surface area (Å²) >= 11 is 0. The summed E-state index contributed by atoms with van der Waals surface area (Å²) in [7, 11) is 0. The second-order valence-corrected chi connectivity index (χ2v) is 4.69. The minimum absolute atomic E-state index is 0.0564. The Kier molecular flexibility index (Phi) is 7.76. The Labute approximate surface area is 95.9 Å². The first-order chi connectivity index (χ1) is 7.05. The second kappa shape index (κ2) is 7.92. The molecule has 0 aromatic rings. The molecule has 0 aromatic heterocycles. The highest BCUT2D eigenvalue weighted by molar-refractivity contribution is 5.00. The van der Waals surface area contributed by atoms with Gasteiger partial charge in [-0.1, -0.05) is 32.4 Å². The summed E-state index contributed by atoms with van der Waals surface area (Å²) in [5.41, 5.74) is 1.64. The Balaban J connectivity index is 3.66. The molecule has 0 unspecified atom stereocenters. The molecule has 0 spiro atoms. The summed E-state index contributed by atoms with van der Waals surface area (Å²) in [6.45, 7) is 11.8. The maximum atomic E-state index is 5.82. The van der Waals surface area contributed by atoms with E-state index in [9.17, 15) is 0 Å². The van der Waals surface area contributed by atoms with Crippen molar-refractivity contribution in [2.45, 2.75) is 72.3 Å². The summed E-state index contributed by atoms with van der Waals surface area (Å²) in [5, 5.41) is 0. The van der Waals surface area contributed by atoms with Crippen LogP contribution in [0.2, 0.25) is 0 Å².